The van der Waals surface area contributed by atoms with Gasteiger partial charge in [-0.05, 0) is 154 Å². The highest BCUT2D eigenvalue weighted by molar-refractivity contribution is 5.83. The van der Waals surface area contributed by atoms with Crippen LogP contribution in [0.3, 0.4) is 0 Å². The molecule has 9 aliphatic rings. The van der Waals surface area contributed by atoms with E-state index in [1.54, 1.807) is 0 Å². The maximum absolute atomic E-state index is 12.1. The predicted octanol–water partition coefficient (Wildman–Crippen LogP) is 22.4. The van der Waals surface area contributed by atoms with Crippen LogP contribution in [0, 0.1) is 0 Å². The molecule has 0 aromatic heterocycles. The molecule has 0 spiro atoms. The van der Waals surface area contributed by atoms with Gasteiger partial charge in [0.05, 0.1) is 54.9 Å². The van der Waals surface area contributed by atoms with Gasteiger partial charge < -0.3 is 29.2 Å². The second-order valence-electron chi connectivity index (χ2n) is 29.7. The summed E-state index contributed by atoms with van der Waals surface area (Å²) >= 11 is 0. The first-order valence-electron chi connectivity index (χ1n) is 40.0. The topological polar surface area (TPSA) is 135 Å². The third-order valence-corrected chi connectivity index (χ3v) is 21.4. The number of epoxide rings is 2. The highest BCUT2D eigenvalue weighted by Crippen LogP contribution is 2.34. The van der Waals surface area contributed by atoms with Gasteiger partial charge in [0, 0.05) is 32.1 Å². The van der Waals surface area contributed by atoms with E-state index >= 15 is 0 Å². The first-order valence-corrected chi connectivity index (χ1v) is 40.0. The lowest BCUT2D eigenvalue weighted by molar-refractivity contribution is -0.140. The standard InChI is InChI=1S/C16H30O2.C16H28O2.C16H30O2.C16H28O2.C16H28O/c2*17-15-12-8-6-4-2-1-3-5-7-10-14-11-9-13-16(15)18-14;2*17-14-10-7-5-3-1-2-4-6-8-12-15-16(18-15)13-9-11-14;17-16-14-12-10-8-6-4-2-1-3-5-7-9-11-13-15-16/h14-17H,1-13H2;14,16H,1-13H2;14-17H,1-13H2;15-16H,1-13H2;6,8H,1-5,7,9-15H2. The summed E-state index contributed by atoms with van der Waals surface area (Å²) in [4.78, 5) is 35.3. The Labute approximate surface area is 548 Å². The van der Waals surface area contributed by atoms with Gasteiger partial charge in [0.15, 0.2) is 5.78 Å². The highest BCUT2D eigenvalue weighted by atomic mass is 16.6. The fourth-order valence-electron chi connectivity index (χ4n) is 15.3. The van der Waals surface area contributed by atoms with Crippen molar-refractivity contribution in [3.8, 4) is 0 Å². The summed E-state index contributed by atoms with van der Waals surface area (Å²) in [6.07, 6.45) is 86.7. The number of rotatable bonds is 0. The molecule has 9 rings (SSSR count). The number of hydrogen-bond donors (Lipinski definition) is 2. The lowest BCUT2D eigenvalue weighted by Crippen LogP contribution is -2.36. The third kappa shape index (κ3) is 42.5. The SMILES string of the molecule is O=C1CCCC=CCCCCCCCCCC1.O=C1CCCCCCCCCCC2CCCC1O2.O=C1CCCCCCCCCCC2OC2CCC1.OC1CCCCCCCCCCC2CCCC1O2.OC1CCCCCCCCCCC2OC2CCC1. The minimum Gasteiger partial charge on any atom is -0.393 e. The Morgan fingerprint density at radius 1 is 0.247 bits per heavy atom. The maximum atomic E-state index is 12.1. The summed E-state index contributed by atoms with van der Waals surface area (Å²) in [5.41, 5.74) is 0. The Morgan fingerprint density at radius 3 is 1.06 bits per heavy atom. The molecule has 9 heteroatoms. The summed E-state index contributed by atoms with van der Waals surface area (Å²) in [5.74, 6) is 1.32. The third-order valence-electron chi connectivity index (χ3n) is 21.4. The fourth-order valence-corrected chi connectivity index (χ4v) is 15.3. The zero-order chi connectivity index (χ0) is 62.7. The molecule has 2 N–H and O–H groups in total. The number of allylic oxidation sites excluding steroid dienone is 2. The second kappa shape index (κ2) is 53.7. The van der Waals surface area contributed by atoms with Gasteiger partial charge in [-0.2, -0.15) is 0 Å². The van der Waals surface area contributed by atoms with Gasteiger partial charge in [0.2, 0.25) is 0 Å². The zero-order valence-electron chi connectivity index (χ0n) is 58.1. The minimum atomic E-state index is -0.212. The van der Waals surface area contributed by atoms with Crippen molar-refractivity contribution in [1.29, 1.82) is 0 Å². The number of ketones is 3. The van der Waals surface area contributed by atoms with Crippen LogP contribution in [0.5, 0.6) is 0 Å². The molecule has 518 valence electrons. The molecule has 4 bridgehead atoms. The van der Waals surface area contributed by atoms with Crippen molar-refractivity contribution in [1.82, 2.24) is 0 Å². The van der Waals surface area contributed by atoms with E-state index in [-0.39, 0.29) is 24.4 Å². The fraction of sp³-hybridized carbons (Fsp3) is 0.938. The molecule has 3 aliphatic carbocycles. The molecule has 10 atom stereocenters. The molecule has 9 nitrogen and oxygen atoms in total. The van der Waals surface area contributed by atoms with E-state index in [4.69, 9.17) is 18.9 Å². The summed E-state index contributed by atoms with van der Waals surface area (Å²) < 4.78 is 23.4. The van der Waals surface area contributed by atoms with Gasteiger partial charge in [0.25, 0.3) is 0 Å². The van der Waals surface area contributed by atoms with E-state index in [9.17, 15) is 24.6 Å². The lowest BCUT2D eigenvalue weighted by atomic mass is 9.94. The molecule has 6 aliphatic heterocycles. The van der Waals surface area contributed by atoms with E-state index in [1.807, 2.05) is 0 Å². The van der Waals surface area contributed by atoms with Gasteiger partial charge in [0.1, 0.15) is 17.7 Å². The monoisotopic (exact) mass is 1250 g/mol. The van der Waals surface area contributed by atoms with Crippen LogP contribution in [0.4, 0.5) is 0 Å². The average Bonchev–Trinajstić information content (AvgIpc) is 3.49. The van der Waals surface area contributed by atoms with Gasteiger partial charge in [-0.25, -0.2) is 0 Å². The van der Waals surface area contributed by atoms with Gasteiger partial charge in [-0.3, -0.25) is 14.4 Å². The Morgan fingerprint density at radius 2 is 0.551 bits per heavy atom. The Hall–Kier alpha value is -1.49. The van der Waals surface area contributed by atoms with Crippen LogP contribution in [-0.2, 0) is 33.3 Å². The molecule has 0 aromatic rings. The van der Waals surface area contributed by atoms with Crippen LogP contribution in [0.1, 0.15) is 417 Å². The van der Waals surface area contributed by atoms with Gasteiger partial charge in [-0.1, -0.05) is 243 Å². The van der Waals surface area contributed by atoms with Crippen molar-refractivity contribution < 1.29 is 43.5 Å². The van der Waals surface area contributed by atoms with Crippen LogP contribution in [0.25, 0.3) is 0 Å². The summed E-state index contributed by atoms with van der Waals surface area (Å²) in [5, 5.41) is 20.1. The maximum Gasteiger partial charge on any atom is 0.161 e. The van der Waals surface area contributed by atoms with E-state index in [0.717, 1.165) is 116 Å². The number of fused-ring (bicyclic) bond motifs is 6. The molecule has 10 unspecified atom stereocenters. The van der Waals surface area contributed by atoms with Crippen molar-refractivity contribution in [2.24, 2.45) is 0 Å². The zero-order valence-corrected chi connectivity index (χ0v) is 58.1. The summed E-state index contributed by atoms with van der Waals surface area (Å²) in [6, 6.07) is 0. The Bertz CT molecular complexity index is 1700. The molecular weight excluding hydrogens is 1100 g/mol. The van der Waals surface area contributed by atoms with Crippen LogP contribution >= 0.6 is 0 Å². The van der Waals surface area contributed by atoms with E-state index in [2.05, 4.69) is 12.2 Å². The molecule has 0 amide bonds. The van der Waals surface area contributed by atoms with Crippen molar-refractivity contribution in [2.45, 2.75) is 478 Å². The van der Waals surface area contributed by atoms with E-state index in [0.29, 0.717) is 54.0 Å². The largest absolute Gasteiger partial charge is 0.393 e. The molecule has 6 heterocycles. The molecule has 6 saturated heterocycles. The second-order valence-corrected chi connectivity index (χ2v) is 29.7. The first-order chi connectivity index (χ1) is 43.8. The number of ether oxygens (including phenoxy) is 4. The summed E-state index contributed by atoms with van der Waals surface area (Å²) in [6.45, 7) is 0. The first kappa shape index (κ1) is 78.2. The number of carbonyl (C=O) groups excluding carboxylic acids is 3. The predicted molar refractivity (Wildman–Crippen MR) is 371 cm³/mol. The molecule has 8 fully saturated rings. The molecular formula is C80H144O9. The Kier molecular flexibility index (Phi) is 47.2. The Balaban J connectivity index is 0.000000203. The van der Waals surface area contributed by atoms with Crippen molar-refractivity contribution in [2.75, 3.05) is 0 Å². The highest BCUT2D eigenvalue weighted by Gasteiger charge is 2.38. The van der Waals surface area contributed by atoms with Crippen molar-refractivity contribution >= 4 is 17.3 Å². The minimum absolute atomic E-state index is 0.0601. The van der Waals surface area contributed by atoms with Crippen LogP contribution in [-0.4, -0.2) is 88.6 Å². The van der Waals surface area contributed by atoms with Crippen molar-refractivity contribution in [3.05, 3.63) is 12.2 Å². The smallest absolute Gasteiger partial charge is 0.161 e. The van der Waals surface area contributed by atoms with E-state index < -0.39 is 0 Å². The molecule has 89 heavy (non-hydrogen) atoms. The number of aliphatic hydroxyl groups is 2. The lowest BCUT2D eigenvalue weighted by Gasteiger charge is -2.33. The normalized spacial score (nSPS) is 32.4. The number of carbonyl (C=O) groups is 3. The van der Waals surface area contributed by atoms with Crippen LogP contribution < -0.4 is 0 Å². The number of hydrogen-bond acceptors (Lipinski definition) is 9. The number of Topliss-reactive ketones (excluding diaryl/α,β-unsaturated/α-hetero) is 3. The molecule has 0 aromatic carbocycles. The van der Waals surface area contributed by atoms with Crippen LogP contribution in [0.15, 0.2) is 12.2 Å². The van der Waals surface area contributed by atoms with Crippen molar-refractivity contribution in [3.63, 3.8) is 0 Å². The average molecular weight is 1250 g/mol. The molecule has 0 radical (unpaired) electrons. The molecule has 2 saturated carbocycles. The number of aliphatic hydroxyl groups excluding tert-OH is 2. The van der Waals surface area contributed by atoms with E-state index in [1.165, 1.54) is 302 Å². The summed E-state index contributed by atoms with van der Waals surface area (Å²) in [7, 11) is 0. The van der Waals surface area contributed by atoms with Gasteiger partial charge in [-0.15, -0.1) is 0 Å². The van der Waals surface area contributed by atoms with Gasteiger partial charge >= 0.3 is 0 Å². The van der Waals surface area contributed by atoms with Crippen LogP contribution in [0.2, 0.25) is 0 Å². The quantitative estimate of drug-likeness (QED) is 0.180.